The van der Waals surface area contributed by atoms with Gasteiger partial charge in [0.2, 0.25) is 0 Å². The van der Waals surface area contributed by atoms with E-state index in [9.17, 15) is 10.2 Å². The van der Waals surface area contributed by atoms with Gasteiger partial charge >= 0.3 is 0 Å². The lowest BCUT2D eigenvalue weighted by atomic mass is 9.84. The monoisotopic (exact) mass is 260 g/mol. The van der Waals surface area contributed by atoms with Gasteiger partial charge in [0.15, 0.2) is 11.5 Å². The maximum Gasteiger partial charge on any atom is 0.183 e. The van der Waals surface area contributed by atoms with Crippen molar-refractivity contribution >= 4 is 11.6 Å². The molecule has 1 aromatic carbocycles. The van der Waals surface area contributed by atoms with Gasteiger partial charge < -0.3 is 19.7 Å². The van der Waals surface area contributed by atoms with E-state index in [1.165, 1.54) is 14.2 Å². The molecular formula is C12H17ClO4. The number of rotatable bonds is 4. The molecule has 0 spiro atoms. The fraction of sp³-hybridized carbons (Fsp3) is 0.500. The summed E-state index contributed by atoms with van der Waals surface area (Å²) >= 11 is 6.01. The quantitative estimate of drug-likeness (QED) is 0.872. The van der Waals surface area contributed by atoms with E-state index in [-0.39, 0.29) is 23.1 Å². The number of methoxy groups -OCH3 is 2. The van der Waals surface area contributed by atoms with Crippen LogP contribution in [-0.4, -0.2) is 31.0 Å². The summed E-state index contributed by atoms with van der Waals surface area (Å²) < 4.78 is 10.2. The Kier molecular flexibility index (Phi) is 4.11. The number of benzene rings is 1. The highest BCUT2D eigenvalue weighted by molar-refractivity contribution is 6.34. The van der Waals surface area contributed by atoms with Gasteiger partial charge in [0.1, 0.15) is 10.8 Å². The molecule has 1 rings (SSSR count). The summed E-state index contributed by atoms with van der Waals surface area (Å²) in [6, 6.07) is 1.62. The molecule has 0 saturated carbocycles. The van der Waals surface area contributed by atoms with Crippen molar-refractivity contribution in [1.82, 2.24) is 0 Å². The first-order valence-corrected chi connectivity index (χ1v) is 5.51. The Hall–Kier alpha value is -1.13. The van der Waals surface area contributed by atoms with Gasteiger partial charge in [-0.25, -0.2) is 0 Å². The van der Waals surface area contributed by atoms with Crippen LogP contribution in [0.2, 0.25) is 5.02 Å². The van der Waals surface area contributed by atoms with Gasteiger partial charge in [-0.1, -0.05) is 25.4 Å². The molecule has 2 N–H and O–H groups in total. The van der Waals surface area contributed by atoms with Gasteiger partial charge in [0.05, 0.1) is 20.8 Å². The number of hydrogen-bond acceptors (Lipinski definition) is 4. The number of aliphatic hydroxyl groups is 1. The molecule has 4 nitrogen and oxygen atoms in total. The molecule has 0 fully saturated rings. The molecule has 0 amide bonds. The number of phenolic OH excluding ortho intramolecular Hbond substituents is 1. The summed E-state index contributed by atoms with van der Waals surface area (Å²) in [5, 5.41) is 19.4. The average molecular weight is 261 g/mol. The lowest BCUT2D eigenvalue weighted by Crippen LogP contribution is -2.22. The fourth-order valence-corrected chi connectivity index (χ4v) is 1.81. The molecule has 0 unspecified atom stereocenters. The average Bonchev–Trinajstić information content (AvgIpc) is 2.31. The normalized spacial score (nSPS) is 11.4. The second kappa shape index (κ2) is 5.02. The SMILES string of the molecule is COc1cc(C(C)(C)CO)c(O)c(Cl)c1OC. The van der Waals surface area contributed by atoms with Crippen molar-refractivity contribution in [3.63, 3.8) is 0 Å². The predicted octanol–water partition coefficient (Wildman–Crippen LogP) is 2.33. The van der Waals surface area contributed by atoms with Crippen molar-refractivity contribution in [1.29, 1.82) is 0 Å². The zero-order valence-electron chi connectivity index (χ0n) is 10.4. The van der Waals surface area contributed by atoms with Crippen LogP contribution in [0.3, 0.4) is 0 Å². The minimum atomic E-state index is -0.618. The molecule has 0 radical (unpaired) electrons. The van der Waals surface area contributed by atoms with E-state index in [1.807, 2.05) is 0 Å². The van der Waals surface area contributed by atoms with Crippen LogP contribution in [0.25, 0.3) is 0 Å². The lowest BCUT2D eigenvalue weighted by Gasteiger charge is -2.25. The molecule has 0 atom stereocenters. The van der Waals surface area contributed by atoms with Crippen molar-refractivity contribution in [2.75, 3.05) is 20.8 Å². The van der Waals surface area contributed by atoms with E-state index in [4.69, 9.17) is 21.1 Å². The maximum absolute atomic E-state index is 10.0. The number of hydrogen-bond donors (Lipinski definition) is 2. The zero-order valence-corrected chi connectivity index (χ0v) is 11.1. The fourth-order valence-electron chi connectivity index (χ4n) is 1.54. The highest BCUT2D eigenvalue weighted by atomic mass is 35.5. The van der Waals surface area contributed by atoms with Crippen LogP contribution < -0.4 is 9.47 Å². The number of aliphatic hydroxyl groups excluding tert-OH is 1. The molecule has 5 heteroatoms. The van der Waals surface area contributed by atoms with Crippen LogP contribution in [0.1, 0.15) is 19.4 Å². The summed E-state index contributed by atoms with van der Waals surface area (Å²) in [6.45, 7) is 3.47. The Morgan fingerprint density at radius 3 is 2.29 bits per heavy atom. The van der Waals surface area contributed by atoms with E-state index in [0.29, 0.717) is 11.3 Å². The molecule has 0 saturated heterocycles. The van der Waals surface area contributed by atoms with Crippen molar-refractivity contribution in [2.45, 2.75) is 19.3 Å². The maximum atomic E-state index is 10.0. The Labute approximate surface area is 106 Å². The van der Waals surface area contributed by atoms with Crippen LogP contribution in [0.4, 0.5) is 0 Å². The standard InChI is InChI=1S/C12H17ClO4/c1-12(2,6-14)7-5-8(16-3)11(17-4)9(13)10(7)15/h5,14-15H,6H2,1-4H3. The zero-order chi connectivity index (χ0) is 13.2. The van der Waals surface area contributed by atoms with E-state index >= 15 is 0 Å². The van der Waals surface area contributed by atoms with Gasteiger partial charge in [-0.05, 0) is 6.07 Å². The summed E-state index contributed by atoms with van der Waals surface area (Å²) in [5.41, 5.74) is -0.101. The van der Waals surface area contributed by atoms with Gasteiger partial charge in [-0.3, -0.25) is 0 Å². The Balaban J connectivity index is 3.50. The minimum Gasteiger partial charge on any atom is -0.506 e. The van der Waals surface area contributed by atoms with Gasteiger partial charge in [-0.15, -0.1) is 0 Å². The largest absolute Gasteiger partial charge is 0.506 e. The molecule has 0 bridgehead atoms. The smallest absolute Gasteiger partial charge is 0.183 e. The molecule has 0 heterocycles. The number of halogens is 1. The van der Waals surface area contributed by atoms with Gasteiger partial charge in [0.25, 0.3) is 0 Å². The van der Waals surface area contributed by atoms with E-state index < -0.39 is 5.41 Å². The Morgan fingerprint density at radius 1 is 1.29 bits per heavy atom. The second-order valence-corrected chi connectivity index (χ2v) is 4.74. The van der Waals surface area contributed by atoms with Crippen molar-refractivity contribution in [3.05, 3.63) is 16.7 Å². The number of aromatic hydroxyl groups is 1. The molecule has 17 heavy (non-hydrogen) atoms. The third-order valence-corrected chi connectivity index (χ3v) is 3.06. The number of ether oxygens (including phenoxy) is 2. The first kappa shape index (κ1) is 13.9. The predicted molar refractivity (Wildman–Crippen MR) is 66.3 cm³/mol. The molecule has 1 aromatic rings. The van der Waals surface area contributed by atoms with Crippen molar-refractivity contribution in [3.8, 4) is 17.2 Å². The molecule has 96 valence electrons. The second-order valence-electron chi connectivity index (χ2n) is 4.36. The number of phenols is 1. The van der Waals surface area contributed by atoms with E-state index in [0.717, 1.165) is 0 Å². The van der Waals surface area contributed by atoms with Crippen LogP contribution in [0.15, 0.2) is 6.07 Å². The van der Waals surface area contributed by atoms with Crippen molar-refractivity contribution < 1.29 is 19.7 Å². The molecule has 0 aliphatic heterocycles. The molecule has 0 aromatic heterocycles. The lowest BCUT2D eigenvalue weighted by molar-refractivity contribution is 0.214. The van der Waals surface area contributed by atoms with Crippen LogP contribution >= 0.6 is 11.6 Å². The van der Waals surface area contributed by atoms with Gasteiger partial charge in [-0.2, -0.15) is 0 Å². The van der Waals surface area contributed by atoms with Gasteiger partial charge in [0, 0.05) is 11.0 Å². The first-order chi connectivity index (χ1) is 7.88. The summed E-state index contributed by atoms with van der Waals surface area (Å²) in [5.74, 6) is 0.611. The minimum absolute atomic E-state index is 0.0865. The Morgan fingerprint density at radius 2 is 1.88 bits per heavy atom. The Bertz CT molecular complexity index is 415. The highest BCUT2D eigenvalue weighted by Crippen LogP contribution is 2.46. The van der Waals surface area contributed by atoms with Crippen molar-refractivity contribution in [2.24, 2.45) is 0 Å². The highest BCUT2D eigenvalue weighted by Gasteiger charge is 2.28. The molecule has 0 aliphatic rings. The topological polar surface area (TPSA) is 58.9 Å². The molecule has 0 aliphatic carbocycles. The summed E-state index contributed by atoms with van der Waals surface area (Å²) in [4.78, 5) is 0. The summed E-state index contributed by atoms with van der Waals surface area (Å²) in [7, 11) is 2.93. The third kappa shape index (κ3) is 2.42. The molecular weight excluding hydrogens is 244 g/mol. The van der Waals surface area contributed by atoms with Crippen LogP contribution in [-0.2, 0) is 5.41 Å². The van der Waals surface area contributed by atoms with Crippen LogP contribution in [0, 0.1) is 0 Å². The van der Waals surface area contributed by atoms with E-state index in [2.05, 4.69) is 0 Å². The first-order valence-electron chi connectivity index (χ1n) is 5.13. The third-order valence-electron chi connectivity index (χ3n) is 2.71. The van der Waals surface area contributed by atoms with E-state index in [1.54, 1.807) is 19.9 Å². The van der Waals surface area contributed by atoms with Crippen LogP contribution in [0.5, 0.6) is 17.2 Å². The summed E-state index contributed by atoms with van der Waals surface area (Å²) in [6.07, 6.45) is 0.